The molecule has 0 spiro atoms. The Balaban J connectivity index is 2.36. The molecule has 0 aliphatic rings. The molecule has 20 heavy (non-hydrogen) atoms. The molecule has 0 unspecified atom stereocenters. The lowest BCUT2D eigenvalue weighted by Crippen LogP contribution is -2.17. The van der Waals surface area contributed by atoms with Crippen molar-refractivity contribution in [3.05, 3.63) is 35.4 Å². The van der Waals surface area contributed by atoms with Gasteiger partial charge in [0.25, 0.3) is 0 Å². The van der Waals surface area contributed by atoms with E-state index in [0.29, 0.717) is 0 Å². The summed E-state index contributed by atoms with van der Waals surface area (Å²) in [6, 6.07) is 8.64. The van der Waals surface area contributed by atoms with E-state index in [2.05, 4.69) is 48.7 Å². The maximum atomic E-state index is 5.20. The molecule has 2 nitrogen and oxygen atoms in total. The Labute approximate surface area is 140 Å². The highest BCUT2D eigenvalue weighted by molar-refractivity contribution is 8.22. The van der Waals surface area contributed by atoms with Gasteiger partial charge in [-0.2, -0.15) is 0 Å². The third-order valence-electron chi connectivity index (χ3n) is 2.41. The summed E-state index contributed by atoms with van der Waals surface area (Å²) in [6.45, 7) is 5.87. The van der Waals surface area contributed by atoms with Crippen molar-refractivity contribution in [1.82, 2.24) is 10.6 Å². The van der Waals surface area contributed by atoms with Gasteiger partial charge in [-0.05, 0) is 25.0 Å². The van der Waals surface area contributed by atoms with Gasteiger partial charge in [-0.15, -0.1) is 0 Å². The molecule has 1 aromatic carbocycles. The molecular weight excluding hydrogens is 324 g/mol. The van der Waals surface area contributed by atoms with E-state index in [1.54, 1.807) is 23.5 Å². The van der Waals surface area contributed by atoms with Gasteiger partial charge >= 0.3 is 0 Å². The summed E-state index contributed by atoms with van der Waals surface area (Å²) >= 11 is 13.7. The van der Waals surface area contributed by atoms with Crippen molar-refractivity contribution in [1.29, 1.82) is 0 Å². The molecule has 0 radical (unpaired) electrons. The molecule has 0 bridgehead atoms. The summed E-state index contributed by atoms with van der Waals surface area (Å²) in [5, 5.41) is 6.28. The molecule has 110 valence electrons. The standard InChI is InChI=1S/C14H20N2S4/c1-3-15-13(17)19-9-11-5-7-12(8-6-11)10-20-14(18)16-4-2/h5-8H,3-4,9-10H2,1-2H3,(H,15,17)(H,16,18). The second-order valence-corrected chi connectivity index (χ2v) is 7.33. The smallest absolute Gasteiger partial charge is 0.134 e. The minimum absolute atomic E-state index is 0.864. The molecule has 6 heteroatoms. The van der Waals surface area contributed by atoms with Crippen molar-refractivity contribution < 1.29 is 0 Å². The summed E-state index contributed by atoms with van der Waals surface area (Å²) in [6.07, 6.45) is 0. The Morgan fingerprint density at radius 3 is 1.50 bits per heavy atom. The van der Waals surface area contributed by atoms with E-state index in [1.807, 2.05) is 0 Å². The average molecular weight is 345 g/mol. The highest BCUT2D eigenvalue weighted by Gasteiger charge is 2.00. The number of benzene rings is 1. The zero-order valence-electron chi connectivity index (χ0n) is 11.8. The van der Waals surface area contributed by atoms with Crippen LogP contribution in [-0.4, -0.2) is 21.7 Å². The number of hydrogen-bond acceptors (Lipinski definition) is 4. The summed E-state index contributed by atoms with van der Waals surface area (Å²) < 4.78 is 1.73. The normalized spacial score (nSPS) is 10.1. The van der Waals surface area contributed by atoms with Crippen molar-refractivity contribution in [2.75, 3.05) is 13.1 Å². The first-order valence-corrected chi connectivity index (χ1v) is 9.33. The maximum Gasteiger partial charge on any atom is 0.134 e. The van der Waals surface area contributed by atoms with E-state index in [1.165, 1.54) is 11.1 Å². The van der Waals surface area contributed by atoms with E-state index in [-0.39, 0.29) is 0 Å². The van der Waals surface area contributed by atoms with Gasteiger partial charge in [-0.3, -0.25) is 0 Å². The monoisotopic (exact) mass is 344 g/mol. The number of thiocarbonyl (C=S) groups is 2. The molecule has 0 fully saturated rings. The van der Waals surface area contributed by atoms with Gasteiger partial charge in [-0.25, -0.2) is 0 Å². The zero-order valence-corrected chi connectivity index (χ0v) is 15.0. The lowest BCUT2D eigenvalue weighted by atomic mass is 10.2. The lowest BCUT2D eigenvalue weighted by Gasteiger charge is -2.07. The van der Waals surface area contributed by atoms with Crippen LogP contribution < -0.4 is 10.6 Å². The first kappa shape index (κ1) is 17.8. The van der Waals surface area contributed by atoms with Gasteiger partial charge in [0.15, 0.2) is 0 Å². The topological polar surface area (TPSA) is 24.1 Å². The fraction of sp³-hybridized carbons (Fsp3) is 0.429. The molecule has 0 saturated heterocycles. The highest BCUT2D eigenvalue weighted by atomic mass is 32.2. The van der Waals surface area contributed by atoms with Crippen LogP contribution in [0.2, 0.25) is 0 Å². The molecule has 0 amide bonds. The molecule has 0 heterocycles. The van der Waals surface area contributed by atoms with Gasteiger partial charge < -0.3 is 10.6 Å². The number of hydrogen-bond donors (Lipinski definition) is 2. The molecule has 0 aliphatic carbocycles. The van der Waals surface area contributed by atoms with Crippen molar-refractivity contribution in [3.8, 4) is 0 Å². The van der Waals surface area contributed by atoms with Crippen LogP contribution in [-0.2, 0) is 11.5 Å². The van der Waals surface area contributed by atoms with E-state index in [9.17, 15) is 0 Å². The Kier molecular flexibility index (Phi) is 9.26. The van der Waals surface area contributed by atoms with E-state index in [0.717, 1.165) is 33.2 Å². The molecule has 0 aromatic heterocycles. The average Bonchev–Trinajstić information content (AvgIpc) is 2.45. The largest absolute Gasteiger partial charge is 0.371 e. The Morgan fingerprint density at radius 1 is 0.850 bits per heavy atom. The van der Waals surface area contributed by atoms with E-state index < -0.39 is 0 Å². The highest BCUT2D eigenvalue weighted by Crippen LogP contribution is 2.17. The molecule has 0 aliphatic heterocycles. The molecule has 2 N–H and O–H groups in total. The summed E-state index contributed by atoms with van der Waals surface area (Å²) in [5.74, 6) is 1.82. The lowest BCUT2D eigenvalue weighted by molar-refractivity contribution is 0.995. The van der Waals surface area contributed by atoms with Crippen LogP contribution in [0.4, 0.5) is 0 Å². The van der Waals surface area contributed by atoms with E-state index >= 15 is 0 Å². The quantitative estimate of drug-likeness (QED) is 0.758. The summed E-state index contributed by atoms with van der Waals surface area (Å²) in [5.41, 5.74) is 2.58. The predicted molar refractivity (Wildman–Crippen MR) is 102 cm³/mol. The number of nitrogens with one attached hydrogen (secondary N) is 2. The molecule has 1 rings (SSSR count). The minimum Gasteiger partial charge on any atom is -0.371 e. The fourth-order valence-electron chi connectivity index (χ4n) is 1.42. The van der Waals surface area contributed by atoms with E-state index in [4.69, 9.17) is 24.4 Å². The Morgan fingerprint density at radius 2 is 1.20 bits per heavy atom. The Bertz CT molecular complexity index is 390. The predicted octanol–water partition coefficient (Wildman–Crippen LogP) is 3.94. The first-order valence-electron chi connectivity index (χ1n) is 6.54. The summed E-state index contributed by atoms with van der Waals surface area (Å²) in [7, 11) is 0. The first-order chi connectivity index (χ1) is 9.65. The van der Waals surface area contributed by atoms with Crippen molar-refractivity contribution in [2.45, 2.75) is 25.4 Å². The zero-order chi connectivity index (χ0) is 14.8. The van der Waals surface area contributed by atoms with Crippen molar-refractivity contribution >= 4 is 56.6 Å². The SMILES string of the molecule is CCNC(=S)SCc1ccc(CSC(=S)NCC)cc1. The Hall–Kier alpha value is -0.300. The molecular formula is C14H20N2S4. The molecule has 0 saturated carbocycles. The minimum atomic E-state index is 0.864. The molecule has 0 atom stereocenters. The van der Waals surface area contributed by atoms with Crippen LogP contribution in [0.25, 0.3) is 0 Å². The van der Waals surface area contributed by atoms with Gasteiger partial charge in [0.1, 0.15) is 8.64 Å². The van der Waals surface area contributed by atoms with Gasteiger partial charge in [0, 0.05) is 24.6 Å². The van der Waals surface area contributed by atoms with Crippen LogP contribution in [0.5, 0.6) is 0 Å². The van der Waals surface area contributed by atoms with Crippen LogP contribution in [0.15, 0.2) is 24.3 Å². The third-order valence-corrected chi connectivity index (χ3v) is 5.17. The fourth-order valence-corrected chi connectivity index (χ4v) is 3.54. The summed E-state index contributed by atoms with van der Waals surface area (Å²) in [4.78, 5) is 0. The molecule has 1 aromatic rings. The van der Waals surface area contributed by atoms with Crippen molar-refractivity contribution in [3.63, 3.8) is 0 Å². The van der Waals surface area contributed by atoms with Gasteiger partial charge in [0.05, 0.1) is 0 Å². The second-order valence-electron chi connectivity index (χ2n) is 4.03. The maximum absolute atomic E-state index is 5.20. The third kappa shape index (κ3) is 7.47. The number of thioether (sulfide) groups is 2. The van der Waals surface area contributed by atoms with Gasteiger partial charge in [0.2, 0.25) is 0 Å². The second kappa shape index (κ2) is 10.4. The van der Waals surface area contributed by atoms with Crippen LogP contribution in [0.3, 0.4) is 0 Å². The van der Waals surface area contributed by atoms with Gasteiger partial charge in [-0.1, -0.05) is 72.2 Å². The van der Waals surface area contributed by atoms with Crippen molar-refractivity contribution in [2.24, 2.45) is 0 Å². The van der Waals surface area contributed by atoms with Crippen LogP contribution >= 0.6 is 48.0 Å². The van der Waals surface area contributed by atoms with Crippen LogP contribution in [0.1, 0.15) is 25.0 Å². The van der Waals surface area contributed by atoms with Crippen LogP contribution in [0, 0.1) is 0 Å². The number of rotatable bonds is 6.